The number of rotatable bonds is 4. The zero-order chi connectivity index (χ0) is 13.7. The minimum Gasteiger partial charge on any atom is -0.472 e. The molecule has 1 heterocycles. The molecule has 1 aromatic carbocycles. The van der Waals surface area contributed by atoms with Crippen molar-refractivity contribution in [2.45, 2.75) is 6.61 Å². The second kappa shape index (κ2) is 6.14. The van der Waals surface area contributed by atoms with Crippen molar-refractivity contribution in [1.82, 2.24) is 9.97 Å². The van der Waals surface area contributed by atoms with Gasteiger partial charge in [-0.3, -0.25) is 0 Å². The number of hydrogen-bond donors (Lipinski definition) is 2. The maximum Gasteiger partial charge on any atom is 0.232 e. The Morgan fingerprint density at radius 3 is 2.84 bits per heavy atom. The monoisotopic (exact) mass is 322 g/mol. The molecule has 0 fully saturated rings. The molecule has 19 heavy (non-hydrogen) atoms. The molecule has 1 aromatic heterocycles. The third kappa shape index (κ3) is 3.65. The van der Waals surface area contributed by atoms with Gasteiger partial charge in [-0.1, -0.05) is 33.2 Å². The molecule has 0 saturated carbocycles. The van der Waals surface area contributed by atoms with Crippen LogP contribution in [0.25, 0.3) is 0 Å². The van der Waals surface area contributed by atoms with Gasteiger partial charge in [0.25, 0.3) is 0 Å². The van der Waals surface area contributed by atoms with Crippen LogP contribution in [-0.2, 0) is 6.61 Å². The summed E-state index contributed by atoms with van der Waals surface area (Å²) < 4.78 is 6.47. The van der Waals surface area contributed by atoms with Gasteiger partial charge in [-0.25, -0.2) is 9.97 Å². The first-order valence-electron chi connectivity index (χ1n) is 5.36. The van der Waals surface area contributed by atoms with Crippen molar-refractivity contribution < 1.29 is 9.94 Å². The van der Waals surface area contributed by atoms with Crippen LogP contribution in [-0.4, -0.2) is 21.0 Å². The summed E-state index contributed by atoms with van der Waals surface area (Å²) in [6, 6.07) is 7.77. The predicted octanol–water partition coefficient (Wildman–Crippen LogP) is 1.91. The predicted molar refractivity (Wildman–Crippen MR) is 73.0 cm³/mol. The summed E-state index contributed by atoms with van der Waals surface area (Å²) in [7, 11) is 0. The lowest BCUT2D eigenvalue weighted by molar-refractivity contribution is 0.292. The van der Waals surface area contributed by atoms with E-state index in [2.05, 4.69) is 31.1 Å². The van der Waals surface area contributed by atoms with Gasteiger partial charge in [0.1, 0.15) is 12.3 Å². The Labute approximate surface area is 118 Å². The van der Waals surface area contributed by atoms with Gasteiger partial charge >= 0.3 is 0 Å². The molecular formula is C12H11BrN4O2. The Hall–Kier alpha value is -2.15. The van der Waals surface area contributed by atoms with Gasteiger partial charge in [-0.2, -0.15) is 0 Å². The Kier molecular flexibility index (Phi) is 4.30. The number of benzene rings is 1. The number of hydrogen-bond acceptors (Lipinski definition) is 5. The van der Waals surface area contributed by atoms with E-state index in [9.17, 15) is 0 Å². The minimum atomic E-state index is -0.0916. The maximum absolute atomic E-state index is 8.50. The van der Waals surface area contributed by atoms with E-state index >= 15 is 0 Å². The van der Waals surface area contributed by atoms with Crippen LogP contribution < -0.4 is 10.5 Å². The molecule has 2 aromatic rings. The molecule has 0 unspecified atom stereocenters. The quantitative estimate of drug-likeness (QED) is 0.388. The highest BCUT2D eigenvalue weighted by atomic mass is 79.9. The molecule has 0 bridgehead atoms. The van der Waals surface area contributed by atoms with E-state index in [4.69, 9.17) is 15.7 Å². The Morgan fingerprint density at radius 2 is 2.21 bits per heavy atom. The van der Waals surface area contributed by atoms with E-state index < -0.39 is 0 Å². The number of halogens is 1. The van der Waals surface area contributed by atoms with Crippen molar-refractivity contribution >= 4 is 21.8 Å². The molecule has 0 atom stereocenters. The molecule has 3 N–H and O–H groups in total. The van der Waals surface area contributed by atoms with Gasteiger partial charge < -0.3 is 15.7 Å². The maximum atomic E-state index is 8.50. The number of amidine groups is 1. The summed E-state index contributed by atoms with van der Waals surface area (Å²) in [5.74, 6) is 0.278. The van der Waals surface area contributed by atoms with Crippen LogP contribution in [0, 0.1) is 0 Å². The normalized spacial score (nSPS) is 11.3. The molecule has 0 aliphatic heterocycles. The highest BCUT2D eigenvalue weighted by Crippen LogP contribution is 2.13. The lowest BCUT2D eigenvalue weighted by atomic mass is 10.2. The molecule has 0 saturated heterocycles. The summed E-state index contributed by atoms with van der Waals surface area (Å²) in [5.41, 5.74) is 6.68. The first kappa shape index (κ1) is 13.3. The SMILES string of the molecule is N/C(=N/O)c1cnc(OCc2cccc(Br)c2)cn1. The Morgan fingerprint density at radius 1 is 1.37 bits per heavy atom. The van der Waals surface area contributed by atoms with Crippen LogP contribution in [0.15, 0.2) is 46.3 Å². The summed E-state index contributed by atoms with van der Waals surface area (Å²) in [5, 5.41) is 11.3. The standard InChI is InChI=1S/C12H11BrN4O2/c13-9-3-1-2-8(4-9)7-19-11-6-15-10(5-16-11)12(14)17-18/h1-6,18H,7H2,(H2,14,17). The number of aromatic nitrogens is 2. The molecule has 2 rings (SSSR count). The third-order valence-corrected chi connectivity index (χ3v) is 2.77. The largest absolute Gasteiger partial charge is 0.472 e. The van der Waals surface area contributed by atoms with Crippen molar-refractivity contribution in [3.8, 4) is 5.88 Å². The topological polar surface area (TPSA) is 93.6 Å². The number of oxime groups is 1. The summed E-state index contributed by atoms with van der Waals surface area (Å²) in [6.07, 6.45) is 2.80. The van der Waals surface area contributed by atoms with E-state index in [1.807, 2.05) is 24.3 Å². The zero-order valence-corrected chi connectivity index (χ0v) is 11.4. The van der Waals surface area contributed by atoms with E-state index in [1.165, 1.54) is 12.4 Å². The fourth-order valence-electron chi connectivity index (χ4n) is 1.36. The van der Waals surface area contributed by atoms with Gasteiger partial charge in [-0.15, -0.1) is 0 Å². The lowest BCUT2D eigenvalue weighted by Crippen LogP contribution is -2.15. The van der Waals surface area contributed by atoms with Crippen molar-refractivity contribution in [3.63, 3.8) is 0 Å². The van der Waals surface area contributed by atoms with Gasteiger partial charge in [0.2, 0.25) is 5.88 Å². The fraction of sp³-hybridized carbons (Fsp3) is 0.0833. The van der Waals surface area contributed by atoms with Gasteiger partial charge in [0, 0.05) is 4.47 Å². The Bertz CT molecular complexity index is 587. The molecule has 0 radical (unpaired) electrons. The first-order valence-corrected chi connectivity index (χ1v) is 6.15. The number of nitrogens with zero attached hydrogens (tertiary/aromatic N) is 3. The van der Waals surface area contributed by atoms with Crippen LogP contribution in [0.1, 0.15) is 11.3 Å². The van der Waals surface area contributed by atoms with Gasteiger partial charge in [0.15, 0.2) is 5.84 Å². The number of ether oxygens (including phenoxy) is 1. The lowest BCUT2D eigenvalue weighted by Gasteiger charge is -2.05. The van der Waals surface area contributed by atoms with Crippen molar-refractivity contribution in [1.29, 1.82) is 0 Å². The second-order valence-corrected chi connectivity index (χ2v) is 4.56. The van der Waals surface area contributed by atoms with E-state index in [0.29, 0.717) is 12.5 Å². The highest BCUT2D eigenvalue weighted by Gasteiger charge is 2.03. The first-order chi connectivity index (χ1) is 9.19. The van der Waals surface area contributed by atoms with E-state index in [1.54, 1.807) is 0 Å². The van der Waals surface area contributed by atoms with Crippen molar-refractivity contribution in [2.24, 2.45) is 10.9 Å². The van der Waals surface area contributed by atoms with Crippen LogP contribution >= 0.6 is 15.9 Å². The van der Waals surface area contributed by atoms with Gasteiger partial charge in [-0.05, 0) is 17.7 Å². The average Bonchev–Trinajstić information content (AvgIpc) is 2.45. The summed E-state index contributed by atoms with van der Waals surface area (Å²) in [6.45, 7) is 0.386. The summed E-state index contributed by atoms with van der Waals surface area (Å²) in [4.78, 5) is 7.98. The van der Waals surface area contributed by atoms with Crippen LogP contribution in [0.3, 0.4) is 0 Å². The molecular weight excluding hydrogens is 312 g/mol. The van der Waals surface area contributed by atoms with E-state index in [0.717, 1.165) is 10.0 Å². The smallest absolute Gasteiger partial charge is 0.232 e. The van der Waals surface area contributed by atoms with E-state index in [-0.39, 0.29) is 11.5 Å². The third-order valence-electron chi connectivity index (χ3n) is 2.27. The van der Waals surface area contributed by atoms with Crippen LogP contribution in [0.5, 0.6) is 5.88 Å². The summed E-state index contributed by atoms with van der Waals surface area (Å²) >= 11 is 3.39. The molecule has 7 heteroatoms. The van der Waals surface area contributed by atoms with Crippen LogP contribution in [0.4, 0.5) is 0 Å². The minimum absolute atomic E-state index is 0.0916. The van der Waals surface area contributed by atoms with Crippen molar-refractivity contribution in [3.05, 3.63) is 52.4 Å². The fourth-order valence-corrected chi connectivity index (χ4v) is 1.80. The van der Waals surface area contributed by atoms with Gasteiger partial charge in [0.05, 0.1) is 12.4 Å². The molecule has 0 spiro atoms. The number of nitrogens with two attached hydrogens (primary N) is 1. The zero-order valence-electron chi connectivity index (χ0n) is 9.82. The Balaban J connectivity index is 2.00. The highest BCUT2D eigenvalue weighted by molar-refractivity contribution is 9.10. The second-order valence-electron chi connectivity index (χ2n) is 3.64. The van der Waals surface area contributed by atoms with Crippen molar-refractivity contribution in [2.75, 3.05) is 0 Å². The average molecular weight is 323 g/mol. The molecule has 98 valence electrons. The molecule has 0 aliphatic carbocycles. The molecule has 6 nitrogen and oxygen atoms in total. The molecule has 0 amide bonds. The molecule has 0 aliphatic rings. The van der Waals surface area contributed by atoms with Crippen LogP contribution in [0.2, 0.25) is 0 Å².